The maximum absolute atomic E-state index is 3.48. The van der Waals surface area contributed by atoms with Crippen LogP contribution in [0, 0.1) is 0 Å². The van der Waals surface area contributed by atoms with Crippen molar-refractivity contribution < 1.29 is 0 Å². The van der Waals surface area contributed by atoms with Crippen LogP contribution < -0.4 is 5.32 Å². The van der Waals surface area contributed by atoms with E-state index in [1.54, 1.807) is 0 Å². The number of aromatic nitrogens is 1. The predicted molar refractivity (Wildman–Crippen MR) is 80.0 cm³/mol. The highest BCUT2D eigenvalue weighted by molar-refractivity contribution is 5.74. The van der Waals surface area contributed by atoms with Crippen LogP contribution in [0.2, 0.25) is 0 Å². The second kappa shape index (κ2) is 5.44. The molecule has 2 nitrogen and oxygen atoms in total. The minimum Gasteiger partial charge on any atom is -0.379 e. The molecule has 0 saturated heterocycles. The van der Waals surface area contributed by atoms with Crippen molar-refractivity contribution in [3.05, 3.63) is 78.5 Å². The Hall–Kier alpha value is -2.48. The highest BCUT2D eigenvalue weighted by Gasteiger charge is 2.05. The minimum atomic E-state index is 0.832. The van der Waals surface area contributed by atoms with Gasteiger partial charge in [0.15, 0.2) is 0 Å². The van der Waals surface area contributed by atoms with E-state index in [0.717, 1.165) is 17.9 Å². The number of hydrogen-bond acceptors (Lipinski definition) is 1. The summed E-state index contributed by atoms with van der Waals surface area (Å²) in [6, 6.07) is 22.8. The van der Waals surface area contributed by atoms with E-state index in [2.05, 4.69) is 64.9 Å². The van der Waals surface area contributed by atoms with Crippen LogP contribution in [0.3, 0.4) is 0 Å². The van der Waals surface area contributed by atoms with Crippen LogP contribution in [-0.4, -0.2) is 4.98 Å². The lowest BCUT2D eigenvalue weighted by Crippen LogP contribution is -1.99. The maximum Gasteiger partial charge on any atom is 0.0689 e. The first-order chi connectivity index (χ1) is 9.43. The molecule has 0 bridgehead atoms. The average molecular weight is 248 g/mol. The van der Waals surface area contributed by atoms with Crippen LogP contribution in [0.1, 0.15) is 5.56 Å². The van der Waals surface area contributed by atoms with Gasteiger partial charge in [0.2, 0.25) is 0 Å². The summed E-state index contributed by atoms with van der Waals surface area (Å²) in [7, 11) is 0. The normalized spacial score (nSPS) is 10.3. The Morgan fingerprint density at radius 2 is 1.47 bits per heavy atom. The fraction of sp³-hybridized carbons (Fsp3) is 0.0588. The van der Waals surface area contributed by atoms with E-state index in [9.17, 15) is 0 Å². The third-order valence-electron chi connectivity index (χ3n) is 3.14. The number of rotatable bonds is 4. The van der Waals surface area contributed by atoms with E-state index in [1.807, 2.05) is 18.3 Å². The number of H-pyrrole nitrogens is 1. The summed E-state index contributed by atoms with van der Waals surface area (Å²) in [6.07, 6.45) is 1.97. The zero-order valence-electron chi connectivity index (χ0n) is 10.6. The highest BCUT2D eigenvalue weighted by Crippen LogP contribution is 2.26. The molecule has 0 saturated carbocycles. The van der Waals surface area contributed by atoms with E-state index < -0.39 is 0 Å². The topological polar surface area (TPSA) is 27.8 Å². The van der Waals surface area contributed by atoms with Crippen molar-refractivity contribution in [1.82, 2.24) is 4.98 Å². The summed E-state index contributed by atoms with van der Waals surface area (Å²) >= 11 is 0. The smallest absolute Gasteiger partial charge is 0.0689 e. The summed E-state index contributed by atoms with van der Waals surface area (Å²) < 4.78 is 0. The Kier molecular flexibility index (Phi) is 3.32. The maximum atomic E-state index is 3.48. The van der Waals surface area contributed by atoms with Gasteiger partial charge in [0.1, 0.15) is 0 Å². The van der Waals surface area contributed by atoms with Crippen LogP contribution in [-0.2, 0) is 6.54 Å². The number of aromatic amines is 1. The summed E-state index contributed by atoms with van der Waals surface area (Å²) in [6.45, 7) is 0.832. The van der Waals surface area contributed by atoms with Crippen LogP contribution in [0.4, 0.5) is 5.69 Å². The monoisotopic (exact) mass is 248 g/mol. The lowest BCUT2D eigenvalue weighted by molar-refractivity contribution is 1.15. The van der Waals surface area contributed by atoms with E-state index in [4.69, 9.17) is 0 Å². The van der Waals surface area contributed by atoms with Crippen LogP contribution in [0.25, 0.3) is 11.3 Å². The van der Waals surface area contributed by atoms with E-state index in [1.165, 1.54) is 11.1 Å². The highest BCUT2D eigenvalue weighted by atomic mass is 14.9. The Morgan fingerprint density at radius 3 is 2.21 bits per heavy atom. The Labute approximate surface area is 113 Å². The molecular weight excluding hydrogens is 232 g/mol. The van der Waals surface area contributed by atoms with Gasteiger partial charge >= 0.3 is 0 Å². The number of benzene rings is 2. The number of anilines is 1. The molecule has 0 amide bonds. The molecule has 0 atom stereocenters. The zero-order chi connectivity index (χ0) is 12.9. The fourth-order valence-electron chi connectivity index (χ4n) is 2.15. The van der Waals surface area contributed by atoms with Gasteiger partial charge in [0.05, 0.1) is 11.4 Å². The van der Waals surface area contributed by atoms with Crippen molar-refractivity contribution in [2.75, 3.05) is 5.32 Å². The van der Waals surface area contributed by atoms with Gasteiger partial charge in [-0.3, -0.25) is 0 Å². The van der Waals surface area contributed by atoms with Gasteiger partial charge in [-0.05, 0) is 11.6 Å². The molecule has 0 radical (unpaired) electrons. The van der Waals surface area contributed by atoms with E-state index in [-0.39, 0.29) is 0 Å². The third-order valence-corrected chi connectivity index (χ3v) is 3.14. The van der Waals surface area contributed by atoms with Crippen molar-refractivity contribution in [2.24, 2.45) is 0 Å². The molecule has 2 N–H and O–H groups in total. The van der Waals surface area contributed by atoms with Crippen molar-refractivity contribution >= 4 is 5.69 Å². The van der Waals surface area contributed by atoms with E-state index in [0.29, 0.717) is 0 Å². The first kappa shape index (κ1) is 11.6. The molecule has 19 heavy (non-hydrogen) atoms. The lowest BCUT2D eigenvalue weighted by atomic mass is 10.1. The average Bonchev–Trinajstić information content (AvgIpc) is 2.95. The van der Waals surface area contributed by atoms with E-state index >= 15 is 0 Å². The van der Waals surface area contributed by atoms with Crippen molar-refractivity contribution in [3.8, 4) is 11.3 Å². The van der Waals surface area contributed by atoms with Gasteiger partial charge in [-0.15, -0.1) is 0 Å². The SMILES string of the molecule is c1ccc(CNc2cc[nH]c2-c2ccccc2)cc1. The second-order valence-corrected chi connectivity index (χ2v) is 4.47. The first-order valence-corrected chi connectivity index (χ1v) is 6.44. The second-order valence-electron chi connectivity index (χ2n) is 4.47. The molecule has 0 spiro atoms. The lowest BCUT2D eigenvalue weighted by Gasteiger charge is -2.08. The molecule has 2 aromatic carbocycles. The predicted octanol–water partition coefficient (Wildman–Crippen LogP) is 4.29. The molecule has 0 aliphatic heterocycles. The molecule has 3 aromatic rings. The van der Waals surface area contributed by atoms with Gasteiger partial charge in [0.25, 0.3) is 0 Å². The molecule has 3 rings (SSSR count). The number of nitrogens with one attached hydrogen (secondary N) is 2. The molecule has 0 aliphatic rings. The van der Waals surface area contributed by atoms with Gasteiger partial charge in [0, 0.05) is 18.3 Å². The fourth-order valence-corrected chi connectivity index (χ4v) is 2.15. The van der Waals surface area contributed by atoms with Crippen LogP contribution in [0.15, 0.2) is 72.9 Å². The third kappa shape index (κ3) is 2.68. The summed E-state index contributed by atoms with van der Waals surface area (Å²) in [4.78, 5) is 3.30. The molecular formula is C17H16N2. The molecule has 0 unspecified atom stereocenters. The summed E-state index contributed by atoms with van der Waals surface area (Å²) in [5, 5.41) is 3.48. The van der Waals surface area contributed by atoms with Gasteiger partial charge in [-0.25, -0.2) is 0 Å². The summed E-state index contributed by atoms with van der Waals surface area (Å²) in [5.74, 6) is 0. The Bertz CT molecular complexity index is 627. The van der Waals surface area contributed by atoms with Gasteiger partial charge < -0.3 is 10.3 Å². The molecule has 2 heteroatoms. The Morgan fingerprint density at radius 1 is 0.789 bits per heavy atom. The first-order valence-electron chi connectivity index (χ1n) is 6.44. The molecule has 1 aromatic heterocycles. The molecule has 0 fully saturated rings. The van der Waals surface area contributed by atoms with Gasteiger partial charge in [-0.1, -0.05) is 60.7 Å². The Balaban J connectivity index is 1.78. The van der Waals surface area contributed by atoms with Crippen molar-refractivity contribution in [1.29, 1.82) is 0 Å². The van der Waals surface area contributed by atoms with Gasteiger partial charge in [-0.2, -0.15) is 0 Å². The largest absolute Gasteiger partial charge is 0.379 e. The summed E-state index contributed by atoms with van der Waals surface area (Å²) in [5.41, 5.74) is 4.75. The van der Waals surface area contributed by atoms with Crippen molar-refractivity contribution in [2.45, 2.75) is 6.54 Å². The molecule has 0 aliphatic carbocycles. The zero-order valence-corrected chi connectivity index (χ0v) is 10.6. The standard InChI is InChI=1S/C17H16N2/c1-3-7-14(8-4-1)13-19-16-11-12-18-17(16)15-9-5-2-6-10-15/h1-12,18-19H,13H2. The van der Waals surface area contributed by atoms with Crippen LogP contribution in [0.5, 0.6) is 0 Å². The quantitative estimate of drug-likeness (QED) is 0.708. The molecule has 94 valence electrons. The van der Waals surface area contributed by atoms with Crippen LogP contribution >= 0.6 is 0 Å². The minimum absolute atomic E-state index is 0.832. The number of hydrogen-bond donors (Lipinski definition) is 2. The molecule has 1 heterocycles. The van der Waals surface area contributed by atoms with Crippen molar-refractivity contribution in [3.63, 3.8) is 0 Å².